The zero-order valence-corrected chi connectivity index (χ0v) is 17.3. The predicted octanol–water partition coefficient (Wildman–Crippen LogP) is 4.60. The highest BCUT2D eigenvalue weighted by molar-refractivity contribution is 5.98. The van der Waals surface area contributed by atoms with Crippen molar-refractivity contribution in [2.45, 2.75) is 41.2 Å². The van der Waals surface area contributed by atoms with Gasteiger partial charge in [-0.15, -0.1) is 0 Å². The summed E-state index contributed by atoms with van der Waals surface area (Å²) in [5, 5.41) is 9.38. The number of nitriles is 1. The lowest BCUT2D eigenvalue weighted by Gasteiger charge is -2.12. The molecule has 0 unspecified atom stereocenters. The number of hydrogen-bond donors (Lipinski definition) is 0. The molecule has 0 N–H and O–H groups in total. The van der Waals surface area contributed by atoms with Crippen molar-refractivity contribution in [1.82, 2.24) is 4.57 Å². The van der Waals surface area contributed by atoms with E-state index in [1.165, 1.54) is 0 Å². The molecule has 2 rings (SSSR count). The predicted molar refractivity (Wildman–Crippen MR) is 110 cm³/mol. The molecule has 0 bridgehead atoms. The molecule has 0 aliphatic rings. The van der Waals surface area contributed by atoms with Gasteiger partial charge in [0.05, 0.1) is 0 Å². The Morgan fingerprint density at radius 3 is 2.61 bits per heavy atom. The van der Waals surface area contributed by atoms with Crippen molar-refractivity contribution < 1.29 is 14.3 Å². The molecule has 1 aromatic heterocycles. The van der Waals surface area contributed by atoms with Gasteiger partial charge < -0.3 is 14.0 Å². The van der Waals surface area contributed by atoms with Crippen molar-refractivity contribution >= 4 is 12.0 Å². The van der Waals surface area contributed by atoms with Gasteiger partial charge in [0.1, 0.15) is 30.6 Å². The first-order chi connectivity index (χ1) is 13.3. The van der Waals surface area contributed by atoms with E-state index >= 15 is 0 Å². The van der Waals surface area contributed by atoms with E-state index in [1.807, 2.05) is 57.2 Å². The summed E-state index contributed by atoms with van der Waals surface area (Å²) in [7, 11) is 0. The second-order valence-corrected chi connectivity index (χ2v) is 7.30. The van der Waals surface area contributed by atoms with Gasteiger partial charge in [-0.3, -0.25) is 0 Å². The molecule has 0 amide bonds. The van der Waals surface area contributed by atoms with Gasteiger partial charge in [-0.05, 0) is 62.1 Å². The molecule has 0 aliphatic heterocycles. The lowest BCUT2D eigenvalue weighted by atomic mass is 10.1. The first-order valence-electron chi connectivity index (χ1n) is 9.47. The topological polar surface area (TPSA) is 64.2 Å². The van der Waals surface area contributed by atoms with Crippen LogP contribution in [0.2, 0.25) is 0 Å². The zero-order valence-electron chi connectivity index (χ0n) is 17.3. The maximum absolute atomic E-state index is 12.2. The average Bonchev–Trinajstić information content (AvgIpc) is 2.90. The molecule has 2 aromatic rings. The molecule has 5 heteroatoms. The molecule has 28 heavy (non-hydrogen) atoms. The SMILES string of the molecule is Cc1cccc(OCCOC(=O)/C(C#N)=C/c2cc(C)n(CC(C)C)c2C)c1. The van der Waals surface area contributed by atoms with E-state index in [9.17, 15) is 10.1 Å². The Bertz CT molecular complexity index is 901. The summed E-state index contributed by atoms with van der Waals surface area (Å²) in [4.78, 5) is 12.2. The van der Waals surface area contributed by atoms with Crippen LogP contribution in [0.5, 0.6) is 5.75 Å². The molecule has 0 fully saturated rings. The molecule has 1 aromatic carbocycles. The number of carbonyl (C=O) groups excluding carboxylic acids is 1. The molecule has 5 nitrogen and oxygen atoms in total. The number of aryl methyl sites for hydroxylation is 2. The fraction of sp³-hybridized carbons (Fsp3) is 0.391. The van der Waals surface area contributed by atoms with Crippen molar-refractivity contribution in [3.8, 4) is 11.8 Å². The lowest BCUT2D eigenvalue weighted by Crippen LogP contribution is -2.13. The Kier molecular flexibility index (Phi) is 7.45. The minimum absolute atomic E-state index is 0.0136. The molecule has 148 valence electrons. The molecule has 0 spiro atoms. The van der Waals surface area contributed by atoms with E-state index in [2.05, 4.69) is 18.4 Å². The molecule has 0 saturated carbocycles. The third-order valence-corrected chi connectivity index (χ3v) is 4.38. The van der Waals surface area contributed by atoms with E-state index in [-0.39, 0.29) is 18.8 Å². The van der Waals surface area contributed by atoms with Crippen LogP contribution < -0.4 is 4.74 Å². The fourth-order valence-electron chi connectivity index (χ4n) is 2.99. The minimum atomic E-state index is -0.635. The third-order valence-electron chi connectivity index (χ3n) is 4.38. The van der Waals surface area contributed by atoms with E-state index in [1.54, 1.807) is 6.08 Å². The van der Waals surface area contributed by atoms with Crippen LogP contribution in [0, 0.1) is 38.0 Å². The largest absolute Gasteiger partial charge is 0.490 e. The minimum Gasteiger partial charge on any atom is -0.490 e. The summed E-state index contributed by atoms with van der Waals surface area (Å²) < 4.78 is 13.0. The zero-order chi connectivity index (χ0) is 20.7. The third kappa shape index (κ3) is 5.75. The van der Waals surface area contributed by atoms with Crippen molar-refractivity contribution in [2.24, 2.45) is 5.92 Å². The van der Waals surface area contributed by atoms with E-state index in [4.69, 9.17) is 9.47 Å². The second kappa shape index (κ2) is 9.80. The highest BCUT2D eigenvalue weighted by Gasteiger charge is 2.14. The number of nitrogens with zero attached hydrogens (tertiary/aromatic N) is 2. The van der Waals surface area contributed by atoms with Gasteiger partial charge in [-0.2, -0.15) is 5.26 Å². The first-order valence-corrected chi connectivity index (χ1v) is 9.47. The van der Waals surface area contributed by atoms with Crippen molar-refractivity contribution in [2.75, 3.05) is 13.2 Å². The summed E-state index contributed by atoms with van der Waals surface area (Å²) in [5.41, 5.74) is 4.09. The van der Waals surface area contributed by atoms with Crippen molar-refractivity contribution in [3.05, 3.63) is 58.4 Å². The highest BCUT2D eigenvalue weighted by Crippen LogP contribution is 2.20. The van der Waals surface area contributed by atoms with Crippen molar-refractivity contribution in [3.63, 3.8) is 0 Å². The molecule has 0 saturated heterocycles. The quantitative estimate of drug-likeness (QED) is 0.291. The Hall–Kier alpha value is -3.00. The van der Waals surface area contributed by atoms with Crippen molar-refractivity contribution in [1.29, 1.82) is 5.26 Å². The van der Waals surface area contributed by atoms with Gasteiger partial charge in [0.15, 0.2) is 0 Å². The molecule has 0 radical (unpaired) electrons. The summed E-state index contributed by atoms with van der Waals surface area (Å²) in [6.45, 7) is 11.5. The Balaban J connectivity index is 1.98. The summed E-state index contributed by atoms with van der Waals surface area (Å²) in [6.07, 6.45) is 1.60. The van der Waals surface area contributed by atoms with Crippen LogP contribution in [0.15, 0.2) is 35.9 Å². The Morgan fingerprint density at radius 2 is 1.96 bits per heavy atom. The molecule has 1 heterocycles. The monoisotopic (exact) mass is 380 g/mol. The Labute approximate surface area is 167 Å². The van der Waals surface area contributed by atoms with Gasteiger partial charge in [-0.25, -0.2) is 4.79 Å². The molecular formula is C23H28N2O3. The van der Waals surface area contributed by atoms with Gasteiger partial charge in [0, 0.05) is 17.9 Å². The highest BCUT2D eigenvalue weighted by atomic mass is 16.6. The molecule has 0 atom stereocenters. The Morgan fingerprint density at radius 1 is 1.21 bits per heavy atom. The van der Waals surface area contributed by atoms with E-state index < -0.39 is 5.97 Å². The van der Waals surface area contributed by atoms with Crippen LogP contribution in [-0.2, 0) is 16.1 Å². The molecular weight excluding hydrogens is 352 g/mol. The maximum atomic E-state index is 12.2. The number of rotatable bonds is 8. The van der Waals surface area contributed by atoms with Gasteiger partial charge in [-0.1, -0.05) is 26.0 Å². The van der Waals surface area contributed by atoms with Gasteiger partial charge in [0.25, 0.3) is 0 Å². The summed E-state index contributed by atoms with van der Waals surface area (Å²) in [6, 6.07) is 11.6. The lowest BCUT2D eigenvalue weighted by molar-refractivity contribution is -0.139. The van der Waals surface area contributed by atoms with Gasteiger partial charge >= 0.3 is 5.97 Å². The van der Waals surface area contributed by atoms with E-state index in [0.29, 0.717) is 5.92 Å². The normalized spacial score (nSPS) is 11.4. The van der Waals surface area contributed by atoms with Crippen LogP contribution >= 0.6 is 0 Å². The van der Waals surface area contributed by atoms with Crippen LogP contribution in [-0.4, -0.2) is 23.8 Å². The number of benzene rings is 1. The number of ether oxygens (including phenoxy) is 2. The fourth-order valence-corrected chi connectivity index (χ4v) is 2.99. The average molecular weight is 380 g/mol. The van der Waals surface area contributed by atoms with Crippen LogP contribution in [0.3, 0.4) is 0 Å². The number of carbonyl (C=O) groups is 1. The molecule has 0 aliphatic carbocycles. The van der Waals surface area contributed by atoms with Gasteiger partial charge in [0.2, 0.25) is 0 Å². The maximum Gasteiger partial charge on any atom is 0.349 e. The number of hydrogen-bond acceptors (Lipinski definition) is 4. The van der Waals surface area contributed by atoms with Crippen LogP contribution in [0.1, 0.15) is 36.4 Å². The standard InChI is InChI=1S/C23H28N2O3/c1-16(2)15-25-18(4)12-20(19(25)5)13-21(14-24)23(26)28-10-9-27-22-8-6-7-17(3)11-22/h6-8,11-13,16H,9-10,15H2,1-5H3/b21-13+. The number of esters is 1. The number of aromatic nitrogens is 1. The first kappa shape index (κ1) is 21.3. The summed E-state index contributed by atoms with van der Waals surface area (Å²) in [5.74, 6) is 0.601. The second-order valence-electron chi connectivity index (χ2n) is 7.30. The summed E-state index contributed by atoms with van der Waals surface area (Å²) >= 11 is 0. The van der Waals surface area contributed by atoms with Crippen LogP contribution in [0.25, 0.3) is 6.08 Å². The smallest absolute Gasteiger partial charge is 0.349 e. The van der Waals surface area contributed by atoms with Crippen LogP contribution in [0.4, 0.5) is 0 Å². The van der Waals surface area contributed by atoms with E-state index in [0.717, 1.165) is 34.8 Å².